The summed E-state index contributed by atoms with van der Waals surface area (Å²) in [5.74, 6) is 1.71. The molecule has 0 heterocycles. The summed E-state index contributed by atoms with van der Waals surface area (Å²) in [6.07, 6.45) is 2.60. The molecule has 0 amide bonds. The highest BCUT2D eigenvalue weighted by Gasteiger charge is 2.26. The van der Waals surface area contributed by atoms with Crippen LogP contribution in [0.15, 0.2) is 0 Å². The number of hydrogen-bond donors (Lipinski definition) is 0. The van der Waals surface area contributed by atoms with Crippen molar-refractivity contribution in [1.29, 1.82) is 0 Å². The molecule has 2 atom stereocenters. The molecule has 0 fully saturated rings. The van der Waals surface area contributed by atoms with Crippen molar-refractivity contribution in [3.8, 4) is 0 Å². The fourth-order valence-electron chi connectivity index (χ4n) is 1.45. The third kappa shape index (κ3) is 2.84. The Kier molecular flexibility index (Phi) is 4.13. The molecule has 0 saturated carbocycles. The molecule has 0 rings (SSSR count). The van der Waals surface area contributed by atoms with Crippen LogP contribution in [0.5, 0.6) is 0 Å². The highest BCUT2D eigenvalue weighted by atomic mass is 14.3. The molecule has 0 saturated heterocycles. The Morgan fingerprint density at radius 2 is 1.55 bits per heavy atom. The van der Waals surface area contributed by atoms with E-state index in [2.05, 4.69) is 41.5 Å². The lowest BCUT2D eigenvalue weighted by Gasteiger charge is -2.34. The van der Waals surface area contributed by atoms with Gasteiger partial charge in [-0.15, -0.1) is 0 Å². The molecule has 11 heavy (non-hydrogen) atoms. The predicted molar refractivity (Wildman–Crippen MR) is 52.7 cm³/mol. The minimum Gasteiger partial charge on any atom is -0.0651 e. The molecule has 0 nitrogen and oxygen atoms in total. The van der Waals surface area contributed by atoms with E-state index >= 15 is 0 Å². The van der Waals surface area contributed by atoms with E-state index in [1.54, 1.807) is 0 Å². The fourth-order valence-corrected chi connectivity index (χ4v) is 1.45. The average molecular weight is 156 g/mol. The molecule has 0 aliphatic carbocycles. The minimum absolute atomic E-state index is 0.523. The molecule has 0 aliphatic rings. The van der Waals surface area contributed by atoms with Gasteiger partial charge in [-0.1, -0.05) is 54.4 Å². The molecule has 0 aliphatic heterocycles. The van der Waals surface area contributed by atoms with E-state index in [4.69, 9.17) is 0 Å². The molecule has 0 N–H and O–H groups in total. The molecule has 0 aromatic heterocycles. The quantitative estimate of drug-likeness (QED) is 0.574. The maximum Gasteiger partial charge on any atom is -0.0329 e. The summed E-state index contributed by atoms with van der Waals surface area (Å²) in [6, 6.07) is 0. The van der Waals surface area contributed by atoms with Crippen molar-refractivity contribution in [3.63, 3.8) is 0 Å². The van der Waals surface area contributed by atoms with Crippen LogP contribution in [-0.2, 0) is 0 Å². The summed E-state index contributed by atoms with van der Waals surface area (Å²) in [5, 5.41) is 0. The van der Waals surface area contributed by atoms with Crippen LogP contribution in [0.2, 0.25) is 0 Å². The van der Waals surface area contributed by atoms with Crippen molar-refractivity contribution >= 4 is 0 Å². The van der Waals surface area contributed by atoms with Gasteiger partial charge in [0.2, 0.25) is 0 Å². The SMILES string of the molecule is CCC(C)C(C)C(C)(C)CC. The topological polar surface area (TPSA) is 0 Å². The average Bonchev–Trinajstić information content (AvgIpc) is 2.01. The second-order valence-corrected chi connectivity index (χ2v) is 4.52. The van der Waals surface area contributed by atoms with Crippen LogP contribution in [0.4, 0.5) is 0 Å². The van der Waals surface area contributed by atoms with Crippen LogP contribution in [0.1, 0.15) is 54.4 Å². The standard InChI is InChI=1S/C11H24/c1-7-9(3)10(4)11(5,6)8-2/h9-10H,7-8H2,1-6H3. The van der Waals surface area contributed by atoms with Crippen molar-refractivity contribution < 1.29 is 0 Å². The monoisotopic (exact) mass is 156 g/mol. The largest absolute Gasteiger partial charge is 0.0651 e. The van der Waals surface area contributed by atoms with E-state index in [0.717, 1.165) is 11.8 Å². The highest BCUT2D eigenvalue weighted by Crippen LogP contribution is 2.36. The van der Waals surface area contributed by atoms with Crippen molar-refractivity contribution in [2.75, 3.05) is 0 Å². The van der Waals surface area contributed by atoms with Crippen LogP contribution < -0.4 is 0 Å². The molecule has 2 unspecified atom stereocenters. The second kappa shape index (κ2) is 4.13. The Morgan fingerprint density at radius 1 is 1.09 bits per heavy atom. The van der Waals surface area contributed by atoms with E-state index in [0.29, 0.717) is 5.41 Å². The fraction of sp³-hybridized carbons (Fsp3) is 1.00. The molecule has 68 valence electrons. The van der Waals surface area contributed by atoms with Gasteiger partial charge < -0.3 is 0 Å². The van der Waals surface area contributed by atoms with Crippen molar-refractivity contribution in [2.24, 2.45) is 17.3 Å². The van der Waals surface area contributed by atoms with Crippen LogP contribution in [0.3, 0.4) is 0 Å². The first-order valence-electron chi connectivity index (χ1n) is 4.95. The predicted octanol–water partition coefficient (Wildman–Crippen LogP) is 4.10. The van der Waals surface area contributed by atoms with Gasteiger partial charge >= 0.3 is 0 Å². The molecule has 0 bridgehead atoms. The Bertz CT molecular complexity index is 103. The van der Waals surface area contributed by atoms with Gasteiger partial charge in [-0.05, 0) is 17.3 Å². The molecule has 0 aromatic rings. The van der Waals surface area contributed by atoms with Gasteiger partial charge in [0.1, 0.15) is 0 Å². The van der Waals surface area contributed by atoms with Gasteiger partial charge in [0, 0.05) is 0 Å². The van der Waals surface area contributed by atoms with Crippen molar-refractivity contribution in [2.45, 2.75) is 54.4 Å². The summed E-state index contributed by atoms with van der Waals surface area (Å²) in [4.78, 5) is 0. The third-order valence-electron chi connectivity index (χ3n) is 3.64. The molecular formula is C11H24. The zero-order valence-electron chi connectivity index (χ0n) is 9.07. The van der Waals surface area contributed by atoms with Crippen molar-refractivity contribution in [1.82, 2.24) is 0 Å². The normalized spacial score (nSPS) is 18.0. The number of hydrogen-bond acceptors (Lipinski definition) is 0. The molecule has 0 spiro atoms. The molecule has 0 radical (unpaired) electrons. The molecular weight excluding hydrogens is 132 g/mol. The lowest BCUT2D eigenvalue weighted by atomic mass is 9.71. The van der Waals surface area contributed by atoms with Gasteiger partial charge in [0.05, 0.1) is 0 Å². The molecule has 0 heteroatoms. The zero-order chi connectivity index (χ0) is 9.07. The van der Waals surface area contributed by atoms with Crippen molar-refractivity contribution in [3.05, 3.63) is 0 Å². The maximum atomic E-state index is 2.39. The molecule has 0 aromatic carbocycles. The second-order valence-electron chi connectivity index (χ2n) is 4.52. The summed E-state index contributed by atoms with van der Waals surface area (Å²) in [7, 11) is 0. The third-order valence-corrected chi connectivity index (χ3v) is 3.64. The first kappa shape index (κ1) is 11.0. The van der Waals surface area contributed by atoms with Gasteiger partial charge in [-0.3, -0.25) is 0 Å². The summed E-state index contributed by atoms with van der Waals surface area (Å²) >= 11 is 0. The van der Waals surface area contributed by atoms with E-state index in [9.17, 15) is 0 Å². The minimum atomic E-state index is 0.523. The van der Waals surface area contributed by atoms with Gasteiger partial charge in [-0.2, -0.15) is 0 Å². The van der Waals surface area contributed by atoms with Gasteiger partial charge in [-0.25, -0.2) is 0 Å². The van der Waals surface area contributed by atoms with E-state index in [-0.39, 0.29) is 0 Å². The van der Waals surface area contributed by atoms with E-state index < -0.39 is 0 Å². The van der Waals surface area contributed by atoms with E-state index in [1.165, 1.54) is 12.8 Å². The summed E-state index contributed by atoms with van der Waals surface area (Å²) < 4.78 is 0. The van der Waals surface area contributed by atoms with Gasteiger partial charge in [0.25, 0.3) is 0 Å². The Labute approximate surface area is 72.4 Å². The summed E-state index contributed by atoms with van der Waals surface area (Å²) in [6.45, 7) is 14.1. The first-order chi connectivity index (χ1) is 4.95. The zero-order valence-corrected chi connectivity index (χ0v) is 9.07. The van der Waals surface area contributed by atoms with Crippen LogP contribution in [-0.4, -0.2) is 0 Å². The maximum absolute atomic E-state index is 2.39. The Morgan fingerprint density at radius 3 is 1.82 bits per heavy atom. The van der Waals surface area contributed by atoms with Crippen LogP contribution in [0.25, 0.3) is 0 Å². The van der Waals surface area contributed by atoms with E-state index in [1.807, 2.05) is 0 Å². The smallest absolute Gasteiger partial charge is 0.0329 e. The Balaban J connectivity index is 4.10. The first-order valence-corrected chi connectivity index (χ1v) is 4.95. The lowest BCUT2D eigenvalue weighted by molar-refractivity contribution is 0.156. The highest BCUT2D eigenvalue weighted by molar-refractivity contribution is 4.76. The number of rotatable bonds is 4. The summed E-state index contributed by atoms with van der Waals surface area (Å²) in [5.41, 5.74) is 0.523. The lowest BCUT2D eigenvalue weighted by Crippen LogP contribution is -2.25. The Hall–Kier alpha value is 0. The van der Waals surface area contributed by atoms with Gasteiger partial charge in [0.15, 0.2) is 0 Å². The van der Waals surface area contributed by atoms with Crippen LogP contribution >= 0.6 is 0 Å². The van der Waals surface area contributed by atoms with Crippen LogP contribution in [0, 0.1) is 17.3 Å².